The molecule has 0 spiro atoms. The molecule has 0 aromatic carbocycles. The number of aromatic nitrogens is 5. The lowest BCUT2D eigenvalue weighted by Crippen LogP contribution is -2.36. The smallest absolute Gasteiger partial charge is 0.262 e. The van der Waals surface area contributed by atoms with Crippen molar-refractivity contribution in [1.82, 2.24) is 28.6 Å². The Morgan fingerprint density at radius 3 is 2.81 bits per heavy atom. The maximum Gasteiger partial charge on any atom is 0.262 e. The molecular weight excluding hydrogens is 356 g/mol. The molecule has 0 saturated carbocycles. The van der Waals surface area contributed by atoms with Gasteiger partial charge < -0.3 is 8.98 Å². The molecule has 0 unspecified atom stereocenters. The van der Waals surface area contributed by atoms with Crippen LogP contribution in [0.5, 0.6) is 0 Å². The highest BCUT2D eigenvalue weighted by molar-refractivity contribution is 7.89. The van der Waals surface area contributed by atoms with Gasteiger partial charge in [0.2, 0.25) is 0 Å². The average Bonchev–Trinajstić information content (AvgIpc) is 3.35. The van der Waals surface area contributed by atoms with Crippen LogP contribution in [0.25, 0.3) is 11.4 Å². The maximum atomic E-state index is 12.9. The van der Waals surface area contributed by atoms with E-state index in [2.05, 4.69) is 22.0 Å². The van der Waals surface area contributed by atoms with Gasteiger partial charge in [0.05, 0.1) is 6.33 Å². The lowest BCUT2D eigenvalue weighted by Gasteiger charge is -2.26. The molecule has 0 radical (unpaired) electrons. The first-order valence-corrected chi connectivity index (χ1v) is 9.90. The van der Waals surface area contributed by atoms with Crippen molar-refractivity contribution in [2.24, 2.45) is 7.05 Å². The second-order valence-corrected chi connectivity index (χ2v) is 8.22. The van der Waals surface area contributed by atoms with Crippen molar-refractivity contribution in [2.75, 3.05) is 6.54 Å². The molecule has 4 rings (SSSR count). The van der Waals surface area contributed by atoms with E-state index in [1.165, 1.54) is 29.5 Å². The first kappa shape index (κ1) is 17.0. The predicted molar refractivity (Wildman–Crippen MR) is 92.5 cm³/mol. The first-order valence-electron chi connectivity index (χ1n) is 8.46. The normalized spacial score (nSPS) is 15.3. The van der Waals surface area contributed by atoms with E-state index >= 15 is 0 Å². The molecule has 0 aliphatic carbocycles. The van der Waals surface area contributed by atoms with Gasteiger partial charge in [-0.1, -0.05) is 6.92 Å². The third kappa shape index (κ3) is 2.74. The SMILES string of the molecule is CCCn1nc(-c2cocn2)c2c1CCN(S(=O)(=O)c1cn(C)cn1)C2. The van der Waals surface area contributed by atoms with Crippen LogP contribution < -0.4 is 0 Å². The number of fused-ring (bicyclic) bond motifs is 1. The fourth-order valence-corrected chi connectivity index (χ4v) is 4.63. The Balaban J connectivity index is 1.74. The Labute approximate surface area is 151 Å². The van der Waals surface area contributed by atoms with Gasteiger partial charge in [-0.2, -0.15) is 9.40 Å². The quantitative estimate of drug-likeness (QED) is 0.668. The summed E-state index contributed by atoms with van der Waals surface area (Å²) in [5.74, 6) is 0. The number of hydrogen-bond donors (Lipinski definition) is 0. The third-order valence-corrected chi connectivity index (χ3v) is 6.23. The van der Waals surface area contributed by atoms with Crippen molar-refractivity contribution < 1.29 is 12.8 Å². The molecule has 1 aliphatic heterocycles. The minimum atomic E-state index is -3.65. The van der Waals surface area contributed by atoms with Gasteiger partial charge in [0.25, 0.3) is 10.0 Å². The highest BCUT2D eigenvalue weighted by Crippen LogP contribution is 2.31. The van der Waals surface area contributed by atoms with E-state index < -0.39 is 10.0 Å². The van der Waals surface area contributed by atoms with Gasteiger partial charge in [-0.25, -0.2) is 18.4 Å². The first-order chi connectivity index (χ1) is 12.5. The number of sulfonamides is 1. The van der Waals surface area contributed by atoms with Gasteiger partial charge in [0.15, 0.2) is 11.4 Å². The van der Waals surface area contributed by atoms with Gasteiger partial charge >= 0.3 is 0 Å². The lowest BCUT2D eigenvalue weighted by molar-refractivity contribution is 0.381. The van der Waals surface area contributed by atoms with Crippen LogP contribution in [-0.4, -0.2) is 43.6 Å². The zero-order valence-corrected chi connectivity index (χ0v) is 15.5. The molecule has 3 aromatic heterocycles. The molecule has 0 bridgehead atoms. The summed E-state index contributed by atoms with van der Waals surface area (Å²) in [7, 11) is -1.90. The largest absolute Gasteiger partial charge is 0.451 e. The van der Waals surface area contributed by atoms with E-state index in [0.29, 0.717) is 24.4 Å². The van der Waals surface area contributed by atoms with Crippen molar-refractivity contribution in [3.63, 3.8) is 0 Å². The van der Waals surface area contributed by atoms with Gasteiger partial charge in [0, 0.05) is 50.6 Å². The monoisotopic (exact) mass is 376 g/mol. The maximum absolute atomic E-state index is 12.9. The van der Waals surface area contributed by atoms with Crippen molar-refractivity contribution in [2.45, 2.75) is 37.9 Å². The van der Waals surface area contributed by atoms with E-state index in [-0.39, 0.29) is 11.6 Å². The molecule has 9 nitrogen and oxygen atoms in total. The summed E-state index contributed by atoms with van der Waals surface area (Å²) in [6.45, 7) is 3.53. The number of oxazole rings is 1. The topological polar surface area (TPSA) is 99.0 Å². The van der Waals surface area contributed by atoms with Crippen molar-refractivity contribution in [1.29, 1.82) is 0 Å². The fraction of sp³-hybridized carbons (Fsp3) is 0.438. The average molecular weight is 376 g/mol. The number of hydrogen-bond acceptors (Lipinski definition) is 6. The van der Waals surface area contributed by atoms with Crippen LogP contribution in [-0.2, 0) is 36.6 Å². The molecule has 0 N–H and O–H groups in total. The summed E-state index contributed by atoms with van der Waals surface area (Å²) in [4.78, 5) is 8.20. The minimum absolute atomic E-state index is 0.0624. The van der Waals surface area contributed by atoms with Crippen LogP contribution in [0.4, 0.5) is 0 Å². The molecule has 0 amide bonds. The zero-order valence-electron chi connectivity index (χ0n) is 14.7. The van der Waals surface area contributed by atoms with Crippen LogP contribution in [0.15, 0.2) is 34.6 Å². The summed E-state index contributed by atoms with van der Waals surface area (Å²) in [5, 5.41) is 4.73. The van der Waals surface area contributed by atoms with Crippen molar-refractivity contribution in [3.05, 3.63) is 36.4 Å². The van der Waals surface area contributed by atoms with Crippen LogP contribution >= 0.6 is 0 Å². The molecule has 10 heteroatoms. The number of aryl methyl sites for hydroxylation is 2. The highest BCUT2D eigenvalue weighted by Gasteiger charge is 2.34. The molecule has 138 valence electrons. The number of rotatable bonds is 5. The minimum Gasteiger partial charge on any atom is -0.451 e. The number of imidazole rings is 1. The van der Waals surface area contributed by atoms with E-state index in [9.17, 15) is 8.42 Å². The van der Waals surface area contributed by atoms with Crippen LogP contribution in [0, 0.1) is 0 Å². The Morgan fingerprint density at radius 1 is 1.31 bits per heavy atom. The zero-order chi connectivity index (χ0) is 18.3. The Hall–Kier alpha value is -2.46. The second kappa shape index (κ2) is 6.36. The number of nitrogens with zero attached hydrogens (tertiary/aromatic N) is 6. The van der Waals surface area contributed by atoms with E-state index in [1.54, 1.807) is 11.6 Å². The molecule has 0 fully saturated rings. The van der Waals surface area contributed by atoms with E-state index in [0.717, 1.165) is 24.2 Å². The van der Waals surface area contributed by atoms with Gasteiger partial charge in [-0.15, -0.1) is 0 Å². The summed E-state index contributed by atoms with van der Waals surface area (Å²) in [6.07, 6.45) is 7.44. The Bertz CT molecular complexity index is 1020. The molecule has 1 aliphatic rings. The van der Waals surface area contributed by atoms with Crippen molar-refractivity contribution >= 4 is 10.0 Å². The van der Waals surface area contributed by atoms with Crippen LogP contribution in [0.3, 0.4) is 0 Å². The third-order valence-electron chi connectivity index (χ3n) is 4.49. The fourth-order valence-electron chi connectivity index (χ4n) is 3.26. The second-order valence-electron chi connectivity index (χ2n) is 6.34. The summed E-state index contributed by atoms with van der Waals surface area (Å²) < 4.78 is 36.0. The van der Waals surface area contributed by atoms with E-state index in [1.807, 2.05) is 4.68 Å². The van der Waals surface area contributed by atoms with Gasteiger partial charge in [0.1, 0.15) is 17.7 Å². The van der Waals surface area contributed by atoms with Gasteiger partial charge in [-0.05, 0) is 6.42 Å². The summed E-state index contributed by atoms with van der Waals surface area (Å²) in [6, 6.07) is 0. The summed E-state index contributed by atoms with van der Waals surface area (Å²) in [5.41, 5.74) is 3.26. The molecule has 0 saturated heterocycles. The predicted octanol–water partition coefficient (Wildman–Crippen LogP) is 1.43. The van der Waals surface area contributed by atoms with Gasteiger partial charge in [-0.3, -0.25) is 4.68 Å². The highest BCUT2D eigenvalue weighted by atomic mass is 32.2. The molecule has 4 heterocycles. The lowest BCUT2D eigenvalue weighted by atomic mass is 10.1. The summed E-state index contributed by atoms with van der Waals surface area (Å²) >= 11 is 0. The van der Waals surface area contributed by atoms with Crippen LogP contribution in [0.1, 0.15) is 24.6 Å². The molecule has 3 aromatic rings. The molecule has 26 heavy (non-hydrogen) atoms. The standard InChI is InChI=1S/C16H20N6O3S/c1-3-5-22-14-4-6-21(26(23,24)15-8-20(2)10-17-15)7-12(14)16(19-22)13-9-25-11-18-13/h8-11H,3-7H2,1-2H3. The van der Waals surface area contributed by atoms with E-state index in [4.69, 9.17) is 4.42 Å². The van der Waals surface area contributed by atoms with Crippen LogP contribution in [0.2, 0.25) is 0 Å². The molecule has 0 atom stereocenters. The van der Waals surface area contributed by atoms with Crippen molar-refractivity contribution in [3.8, 4) is 11.4 Å². The Morgan fingerprint density at radius 2 is 2.15 bits per heavy atom. The Kier molecular flexibility index (Phi) is 4.16. The molecular formula is C16H20N6O3S.